The molecule has 0 fully saturated rings. The van der Waals surface area contributed by atoms with Gasteiger partial charge in [-0.25, -0.2) is 4.79 Å². The lowest BCUT2D eigenvalue weighted by Crippen LogP contribution is -2.05. The second-order valence-electron chi connectivity index (χ2n) is 5.72. The van der Waals surface area contributed by atoms with Crippen molar-refractivity contribution in [2.45, 2.75) is 14.7 Å². The lowest BCUT2D eigenvalue weighted by atomic mass is 10.2. The summed E-state index contributed by atoms with van der Waals surface area (Å²) in [4.78, 5) is 15.4. The molecule has 0 aliphatic carbocycles. The fourth-order valence-corrected chi connectivity index (χ4v) is 5.03. The molecular weight excluding hydrogens is 344 g/mol. The molecular formula is C22H17O3S+. The van der Waals surface area contributed by atoms with Gasteiger partial charge < -0.3 is 9.15 Å². The standard InChI is InChI=1S/C22H17O3S/c1-24-20-15-22(23)25-21-14-18(12-13-19(20)21)26(16-8-4-2-5-9-16)17-10-6-3-7-11-17/h2-15H,1H3/q+1. The van der Waals surface area contributed by atoms with Crippen molar-refractivity contribution >= 4 is 21.9 Å². The molecule has 4 rings (SSSR count). The Morgan fingerprint density at radius 1 is 0.769 bits per heavy atom. The van der Waals surface area contributed by atoms with Crippen LogP contribution in [0.4, 0.5) is 0 Å². The van der Waals surface area contributed by atoms with Crippen LogP contribution in [0.25, 0.3) is 11.0 Å². The van der Waals surface area contributed by atoms with Gasteiger partial charge in [-0.3, -0.25) is 0 Å². The van der Waals surface area contributed by atoms with Crippen LogP contribution in [-0.4, -0.2) is 7.11 Å². The van der Waals surface area contributed by atoms with E-state index in [1.165, 1.54) is 15.9 Å². The van der Waals surface area contributed by atoms with Gasteiger partial charge in [-0.2, -0.15) is 0 Å². The molecule has 0 unspecified atom stereocenters. The van der Waals surface area contributed by atoms with Crippen LogP contribution in [0.3, 0.4) is 0 Å². The first kappa shape index (κ1) is 16.5. The van der Waals surface area contributed by atoms with E-state index in [-0.39, 0.29) is 10.9 Å². The zero-order chi connectivity index (χ0) is 17.9. The van der Waals surface area contributed by atoms with Gasteiger partial charge in [-0.1, -0.05) is 36.4 Å². The summed E-state index contributed by atoms with van der Waals surface area (Å²) in [6.07, 6.45) is 0. The first-order valence-electron chi connectivity index (χ1n) is 8.22. The van der Waals surface area contributed by atoms with Crippen molar-refractivity contribution in [3.63, 3.8) is 0 Å². The molecule has 1 heterocycles. The highest BCUT2D eigenvalue weighted by Crippen LogP contribution is 2.34. The van der Waals surface area contributed by atoms with Crippen molar-refractivity contribution in [1.82, 2.24) is 0 Å². The van der Waals surface area contributed by atoms with Gasteiger partial charge in [0.25, 0.3) is 0 Å². The number of hydrogen-bond donors (Lipinski definition) is 0. The summed E-state index contributed by atoms with van der Waals surface area (Å²) in [5.41, 5.74) is 0.127. The van der Waals surface area contributed by atoms with E-state index >= 15 is 0 Å². The van der Waals surface area contributed by atoms with Crippen LogP contribution in [0.2, 0.25) is 0 Å². The summed E-state index contributed by atoms with van der Waals surface area (Å²) in [7, 11) is 1.27. The van der Waals surface area contributed by atoms with E-state index in [4.69, 9.17) is 9.15 Å². The summed E-state index contributed by atoms with van der Waals surface area (Å²) in [5, 5.41) is 0.792. The van der Waals surface area contributed by atoms with Gasteiger partial charge in [0.1, 0.15) is 11.3 Å². The predicted octanol–water partition coefficient (Wildman–Crippen LogP) is 4.90. The molecule has 3 aromatic carbocycles. The van der Waals surface area contributed by atoms with Crippen molar-refractivity contribution < 1.29 is 9.15 Å². The molecule has 1 aromatic heterocycles. The lowest BCUT2D eigenvalue weighted by Gasteiger charge is -2.09. The van der Waals surface area contributed by atoms with Crippen molar-refractivity contribution in [2.24, 2.45) is 0 Å². The van der Waals surface area contributed by atoms with Gasteiger partial charge in [0, 0.05) is 6.07 Å². The summed E-state index contributed by atoms with van der Waals surface area (Å²) in [5.74, 6) is 0.530. The summed E-state index contributed by atoms with van der Waals surface area (Å²) in [6, 6.07) is 28.1. The van der Waals surface area contributed by atoms with Crippen LogP contribution in [0.1, 0.15) is 0 Å². The Balaban J connectivity index is 1.93. The van der Waals surface area contributed by atoms with E-state index in [0.29, 0.717) is 11.3 Å². The summed E-state index contributed by atoms with van der Waals surface area (Å²) in [6.45, 7) is 0. The number of rotatable bonds is 4. The van der Waals surface area contributed by atoms with Crippen molar-refractivity contribution in [3.05, 3.63) is 95.3 Å². The van der Waals surface area contributed by atoms with Crippen LogP contribution >= 0.6 is 0 Å². The molecule has 0 radical (unpaired) electrons. The predicted molar refractivity (Wildman–Crippen MR) is 104 cm³/mol. The minimum absolute atomic E-state index is 0.289. The Bertz CT molecular complexity index is 1050. The zero-order valence-electron chi connectivity index (χ0n) is 14.2. The van der Waals surface area contributed by atoms with Crippen LogP contribution in [0.15, 0.2) is 109 Å². The molecule has 128 valence electrons. The third-order valence-corrected chi connectivity index (χ3v) is 6.30. The van der Waals surface area contributed by atoms with Crippen LogP contribution in [-0.2, 0) is 10.9 Å². The molecule has 0 saturated carbocycles. The Kier molecular flexibility index (Phi) is 4.50. The van der Waals surface area contributed by atoms with Crippen LogP contribution in [0, 0.1) is 0 Å². The normalized spacial score (nSPS) is 11.0. The molecule has 4 heteroatoms. The van der Waals surface area contributed by atoms with Gasteiger partial charge >= 0.3 is 5.63 Å². The number of ether oxygens (including phenoxy) is 1. The second-order valence-corrected chi connectivity index (χ2v) is 7.75. The highest BCUT2D eigenvalue weighted by atomic mass is 32.2. The summed E-state index contributed by atoms with van der Waals surface area (Å²) >= 11 is 0. The highest BCUT2D eigenvalue weighted by molar-refractivity contribution is 7.97. The molecule has 0 N–H and O–H groups in total. The molecule has 0 aliphatic rings. The number of benzene rings is 3. The Hall–Kier alpha value is -2.98. The van der Waals surface area contributed by atoms with Crippen molar-refractivity contribution in [3.8, 4) is 5.75 Å². The molecule has 4 aromatic rings. The fraction of sp³-hybridized carbons (Fsp3) is 0.0455. The quantitative estimate of drug-likeness (QED) is 0.383. The van der Waals surface area contributed by atoms with Gasteiger partial charge in [0.15, 0.2) is 14.7 Å². The van der Waals surface area contributed by atoms with E-state index in [1.54, 1.807) is 7.11 Å². The molecule has 0 bridgehead atoms. The third-order valence-electron chi connectivity index (χ3n) is 4.09. The first-order valence-corrected chi connectivity index (χ1v) is 9.45. The smallest absolute Gasteiger partial charge is 0.339 e. The lowest BCUT2D eigenvalue weighted by molar-refractivity contribution is 0.413. The SMILES string of the molecule is COc1cc(=O)oc2cc([S+](c3ccccc3)c3ccccc3)ccc12. The second kappa shape index (κ2) is 7.10. The van der Waals surface area contributed by atoms with Crippen LogP contribution in [0.5, 0.6) is 5.75 Å². The molecule has 0 aliphatic heterocycles. The van der Waals surface area contributed by atoms with Crippen molar-refractivity contribution in [1.29, 1.82) is 0 Å². The van der Waals surface area contributed by atoms with Gasteiger partial charge in [-0.05, 0) is 36.4 Å². The van der Waals surface area contributed by atoms with E-state index in [0.717, 1.165) is 10.3 Å². The van der Waals surface area contributed by atoms with E-state index in [9.17, 15) is 4.79 Å². The monoisotopic (exact) mass is 361 g/mol. The molecule has 0 amide bonds. The largest absolute Gasteiger partial charge is 0.496 e. The minimum atomic E-state index is -0.411. The van der Waals surface area contributed by atoms with Gasteiger partial charge in [0.05, 0.1) is 29.5 Å². The minimum Gasteiger partial charge on any atom is -0.496 e. The molecule has 3 nitrogen and oxygen atoms in total. The molecule has 0 atom stereocenters. The van der Waals surface area contributed by atoms with Gasteiger partial charge in [-0.15, -0.1) is 0 Å². The Labute approximate surface area is 154 Å². The first-order chi connectivity index (χ1) is 12.8. The molecule has 0 saturated heterocycles. The maximum atomic E-state index is 11.8. The topological polar surface area (TPSA) is 39.4 Å². The Morgan fingerprint density at radius 2 is 1.38 bits per heavy atom. The van der Waals surface area contributed by atoms with Crippen LogP contribution < -0.4 is 10.4 Å². The van der Waals surface area contributed by atoms with Gasteiger partial charge in [0.2, 0.25) is 0 Å². The summed E-state index contributed by atoms with van der Waals surface area (Å²) < 4.78 is 10.8. The average molecular weight is 361 g/mol. The number of methoxy groups -OCH3 is 1. The Morgan fingerprint density at radius 3 is 1.96 bits per heavy atom. The number of fused-ring (bicyclic) bond motifs is 1. The van der Waals surface area contributed by atoms with E-state index < -0.39 is 5.63 Å². The fourth-order valence-electron chi connectivity index (χ4n) is 2.93. The number of hydrogen-bond acceptors (Lipinski definition) is 3. The zero-order valence-corrected chi connectivity index (χ0v) is 15.0. The maximum Gasteiger partial charge on any atom is 0.339 e. The highest BCUT2D eigenvalue weighted by Gasteiger charge is 2.29. The molecule has 0 spiro atoms. The molecule has 26 heavy (non-hydrogen) atoms. The van der Waals surface area contributed by atoms with E-state index in [1.807, 2.05) is 48.5 Å². The average Bonchev–Trinajstić information content (AvgIpc) is 2.69. The van der Waals surface area contributed by atoms with Crippen molar-refractivity contribution in [2.75, 3.05) is 7.11 Å². The van der Waals surface area contributed by atoms with E-state index in [2.05, 4.69) is 30.3 Å². The third kappa shape index (κ3) is 3.11. The maximum absolute atomic E-state index is 11.8.